The summed E-state index contributed by atoms with van der Waals surface area (Å²) >= 11 is 7.74. The second kappa shape index (κ2) is 9.44. The molecule has 3 aromatic carbocycles. The zero-order valence-corrected chi connectivity index (χ0v) is 19.0. The minimum absolute atomic E-state index is 0.0318. The number of sulfonamides is 1. The van der Waals surface area contributed by atoms with Gasteiger partial charge in [-0.1, -0.05) is 53.7 Å². The van der Waals surface area contributed by atoms with E-state index < -0.39 is 15.9 Å². The smallest absolute Gasteiger partial charge is 0.255 e. The monoisotopic (exact) mass is 472 g/mol. The Morgan fingerprint density at radius 3 is 2.35 bits per heavy atom. The third-order valence-electron chi connectivity index (χ3n) is 4.98. The van der Waals surface area contributed by atoms with Crippen molar-refractivity contribution in [3.05, 3.63) is 83.4 Å². The number of carbonyl (C=O) groups excluding carboxylic acids is 1. The van der Waals surface area contributed by atoms with Crippen molar-refractivity contribution in [2.45, 2.75) is 27.5 Å². The molecule has 1 fully saturated rings. The van der Waals surface area contributed by atoms with Crippen molar-refractivity contribution >= 4 is 45.0 Å². The third kappa shape index (κ3) is 4.96. The molecule has 31 heavy (non-hydrogen) atoms. The molecule has 160 valence electrons. The van der Waals surface area contributed by atoms with Crippen LogP contribution in [0.1, 0.15) is 23.2 Å². The molecule has 1 N–H and O–H groups in total. The molecule has 0 saturated carbocycles. The van der Waals surface area contributed by atoms with Crippen LogP contribution in [-0.2, 0) is 10.0 Å². The van der Waals surface area contributed by atoms with Gasteiger partial charge in [0.05, 0.1) is 10.7 Å². The number of benzene rings is 3. The summed E-state index contributed by atoms with van der Waals surface area (Å²) in [6.07, 6.45) is 1.65. The maximum atomic E-state index is 13.0. The highest BCUT2D eigenvalue weighted by Crippen LogP contribution is 2.34. The Bertz CT molecular complexity index is 1190. The van der Waals surface area contributed by atoms with Gasteiger partial charge in [-0.15, -0.1) is 0 Å². The van der Waals surface area contributed by atoms with Gasteiger partial charge in [0.1, 0.15) is 4.90 Å². The molecule has 1 saturated heterocycles. The van der Waals surface area contributed by atoms with E-state index in [1.807, 2.05) is 54.6 Å². The summed E-state index contributed by atoms with van der Waals surface area (Å²) in [6.45, 7) is 0.943. The number of nitrogens with one attached hydrogen (secondary N) is 1. The van der Waals surface area contributed by atoms with Crippen LogP contribution in [0.4, 0.5) is 5.69 Å². The van der Waals surface area contributed by atoms with E-state index >= 15 is 0 Å². The Labute approximate surface area is 191 Å². The number of rotatable bonds is 6. The van der Waals surface area contributed by atoms with Crippen molar-refractivity contribution in [2.75, 3.05) is 18.4 Å². The Hall–Kier alpha value is -2.32. The maximum Gasteiger partial charge on any atom is 0.255 e. The van der Waals surface area contributed by atoms with Crippen LogP contribution < -0.4 is 5.32 Å². The van der Waals surface area contributed by atoms with E-state index in [1.54, 1.807) is 0 Å². The molecule has 0 radical (unpaired) electrons. The van der Waals surface area contributed by atoms with Crippen LogP contribution in [0.15, 0.2) is 87.5 Å². The number of amides is 1. The Morgan fingerprint density at radius 1 is 0.935 bits per heavy atom. The van der Waals surface area contributed by atoms with Gasteiger partial charge in [0, 0.05) is 28.4 Å². The SMILES string of the molecule is O=C(Nc1ccccc1Sc1ccccc1)c1ccc(Cl)c(S(=O)(=O)N2CCCC2)c1. The first kappa shape index (κ1) is 21.9. The van der Waals surface area contributed by atoms with Crippen LogP contribution in [0.25, 0.3) is 0 Å². The van der Waals surface area contributed by atoms with Gasteiger partial charge in [-0.05, 0) is 55.3 Å². The molecule has 1 aliphatic heterocycles. The summed E-state index contributed by atoms with van der Waals surface area (Å²) in [5.74, 6) is -0.393. The van der Waals surface area contributed by atoms with Crippen molar-refractivity contribution < 1.29 is 13.2 Å². The number of hydrogen-bond acceptors (Lipinski definition) is 4. The Morgan fingerprint density at radius 2 is 1.61 bits per heavy atom. The summed E-state index contributed by atoms with van der Waals surface area (Å²) < 4.78 is 27.3. The van der Waals surface area contributed by atoms with Crippen molar-refractivity contribution in [3.63, 3.8) is 0 Å². The predicted molar refractivity (Wildman–Crippen MR) is 124 cm³/mol. The van der Waals surface area contributed by atoms with Crippen molar-refractivity contribution in [1.82, 2.24) is 4.31 Å². The van der Waals surface area contributed by atoms with E-state index in [9.17, 15) is 13.2 Å². The van der Waals surface area contributed by atoms with Gasteiger partial charge < -0.3 is 5.32 Å². The fourth-order valence-corrected chi connectivity index (χ4v) is 6.32. The summed E-state index contributed by atoms with van der Waals surface area (Å²) in [5.41, 5.74) is 0.891. The number of anilines is 1. The van der Waals surface area contributed by atoms with E-state index in [2.05, 4.69) is 5.32 Å². The summed E-state index contributed by atoms with van der Waals surface area (Å²) in [6, 6.07) is 21.7. The highest BCUT2D eigenvalue weighted by atomic mass is 35.5. The molecular weight excluding hydrogens is 452 g/mol. The van der Waals surface area contributed by atoms with Crippen molar-refractivity contribution in [3.8, 4) is 0 Å². The Balaban J connectivity index is 1.59. The molecule has 8 heteroatoms. The fraction of sp³-hybridized carbons (Fsp3) is 0.174. The highest BCUT2D eigenvalue weighted by Gasteiger charge is 2.29. The second-order valence-corrected chi connectivity index (χ2v) is 10.6. The third-order valence-corrected chi connectivity index (χ3v) is 8.45. The lowest BCUT2D eigenvalue weighted by atomic mass is 10.2. The zero-order valence-electron chi connectivity index (χ0n) is 16.6. The lowest BCUT2D eigenvalue weighted by Crippen LogP contribution is -2.28. The first-order chi connectivity index (χ1) is 14.9. The number of carbonyl (C=O) groups is 1. The number of nitrogens with zero attached hydrogens (tertiary/aromatic N) is 1. The first-order valence-corrected chi connectivity index (χ1v) is 12.5. The minimum Gasteiger partial charge on any atom is -0.321 e. The van der Waals surface area contributed by atoms with E-state index in [1.165, 1.54) is 34.3 Å². The van der Waals surface area contributed by atoms with Gasteiger partial charge in [0.15, 0.2) is 0 Å². The van der Waals surface area contributed by atoms with Gasteiger partial charge >= 0.3 is 0 Å². The average molecular weight is 473 g/mol. The fourth-order valence-electron chi connectivity index (χ4n) is 3.38. The molecule has 0 bridgehead atoms. The quantitative estimate of drug-likeness (QED) is 0.512. The van der Waals surface area contributed by atoms with Gasteiger partial charge in [-0.3, -0.25) is 4.79 Å². The molecule has 4 rings (SSSR count). The van der Waals surface area contributed by atoms with Crippen LogP contribution >= 0.6 is 23.4 Å². The number of para-hydroxylation sites is 1. The maximum absolute atomic E-state index is 13.0. The highest BCUT2D eigenvalue weighted by molar-refractivity contribution is 7.99. The number of hydrogen-bond donors (Lipinski definition) is 1. The molecule has 0 unspecified atom stereocenters. The molecular formula is C23H21ClN2O3S2. The minimum atomic E-state index is -3.73. The number of halogens is 1. The first-order valence-electron chi connectivity index (χ1n) is 9.88. The van der Waals surface area contributed by atoms with E-state index in [4.69, 9.17) is 11.6 Å². The summed E-state index contributed by atoms with van der Waals surface area (Å²) in [5, 5.41) is 3.02. The van der Waals surface area contributed by atoms with E-state index in [-0.39, 0.29) is 15.5 Å². The van der Waals surface area contributed by atoms with Gasteiger partial charge in [-0.2, -0.15) is 4.31 Å². The molecule has 1 amide bonds. The van der Waals surface area contributed by atoms with Crippen LogP contribution in [0.3, 0.4) is 0 Å². The topological polar surface area (TPSA) is 66.5 Å². The normalized spacial score (nSPS) is 14.5. The Kier molecular flexibility index (Phi) is 6.67. The van der Waals surface area contributed by atoms with Crippen LogP contribution in [-0.4, -0.2) is 31.7 Å². The molecule has 1 aliphatic rings. The van der Waals surface area contributed by atoms with Crippen LogP contribution in [0.2, 0.25) is 5.02 Å². The second-order valence-electron chi connectivity index (χ2n) is 7.12. The molecule has 0 spiro atoms. The molecule has 3 aromatic rings. The largest absolute Gasteiger partial charge is 0.321 e. The van der Waals surface area contributed by atoms with Crippen LogP contribution in [0.5, 0.6) is 0 Å². The van der Waals surface area contributed by atoms with Gasteiger partial charge in [0.2, 0.25) is 10.0 Å². The molecule has 0 aromatic heterocycles. The van der Waals surface area contributed by atoms with Gasteiger partial charge in [-0.25, -0.2) is 8.42 Å². The molecule has 5 nitrogen and oxygen atoms in total. The standard InChI is InChI=1S/C23H21ClN2O3S2/c24-19-13-12-17(16-22(19)31(28,29)26-14-6-7-15-26)23(27)25-20-10-4-5-11-21(20)30-18-8-2-1-3-9-18/h1-5,8-13,16H,6-7,14-15H2,(H,25,27). The van der Waals surface area contributed by atoms with E-state index in [0.29, 0.717) is 18.8 Å². The molecule has 1 heterocycles. The molecule has 0 aliphatic carbocycles. The summed E-state index contributed by atoms with van der Waals surface area (Å²) in [4.78, 5) is 14.9. The average Bonchev–Trinajstić information content (AvgIpc) is 3.32. The lowest BCUT2D eigenvalue weighted by molar-refractivity contribution is 0.102. The molecule has 0 atom stereocenters. The lowest BCUT2D eigenvalue weighted by Gasteiger charge is -2.17. The van der Waals surface area contributed by atoms with Crippen molar-refractivity contribution in [1.29, 1.82) is 0 Å². The zero-order chi connectivity index (χ0) is 21.8. The van der Waals surface area contributed by atoms with E-state index in [0.717, 1.165) is 22.6 Å². The van der Waals surface area contributed by atoms with Crippen LogP contribution in [0, 0.1) is 0 Å². The van der Waals surface area contributed by atoms with Gasteiger partial charge in [0.25, 0.3) is 5.91 Å². The van der Waals surface area contributed by atoms with Crippen molar-refractivity contribution in [2.24, 2.45) is 0 Å². The summed E-state index contributed by atoms with van der Waals surface area (Å²) in [7, 11) is -3.73. The predicted octanol–water partition coefficient (Wildman–Crippen LogP) is 5.53.